The van der Waals surface area contributed by atoms with Gasteiger partial charge in [-0.3, -0.25) is 14.9 Å². The van der Waals surface area contributed by atoms with Gasteiger partial charge in [0.25, 0.3) is 5.69 Å². The predicted octanol–water partition coefficient (Wildman–Crippen LogP) is 2.93. The van der Waals surface area contributed by atoms with E-state index in [1.54, 1.807) is 0 Å². The summed E-state index contributed by atoms with van der Waals surface area (Å²) in [6.07, 6.45) is 4.79. The van der Waals surface area contributed by atoms with Crippen LogP contribution >= 0.6 is 0 Å². The van der Waals surface area contributed by atoms with Gasteiger partial charge in [0.1, 0.15) is 0 Å². The predicted molar refractivity (Wildman–Crippen MR) is 74.5 cm³/mol. The SMILES string of the molecule is Nc1ccc([N+](=O)[O-])cc1C(C(=O)O)C1CCCCC1. The number of aliphatic carboxylic acids is 1. The van der Waals surface area contributed by atoms with Gasteiger partial charge < -0.3 is 10.8 Å². The van der Waals surface area contributed by atoms with Crippen LogP contribution in [0, 0.1) is 16.0 Å². The van der Waals surface area contributed by atoms with Crippen molar-refractivity contribution in [3.63, 3.8) is 0 Å². The fraction of sp³-hybridized carbons (Fsp3) is 0.500. The molecule has 0 aromatic heterocycles. The molecule has 1 aliphatic rings. The molecular weight excluding hydrogens is 260 g/mol. The minimum atomic E-state index is -0.955. The third-order valence-corrected chi connectivity index (χ3v) is 4.00. The van der Waals surface area contributed by atoms with Crippen molar-refractivity contribution in [2.45, 2.75) is 38.0 Å². The number of nitrogens with two attached hydrogens (primary N) is 1. The topological polar surface area (TPSA) is 106 Å². The number of nitrogens with zero attached hydrogens (tertiary/aromatic N) is 1. The number of carboxylic acid groups (broad SMARTS) is 1. The molecular formula is C14H18N2O4. The lowest BCUT2D eigenvalue weighted by molar-refractivity contribution is -0.384. The summed E-state index contributed by atoms with van der Waals surface area (Å²) in [7, 11) is 0. The van der Waals surface area contributed by atoms with Crippen molar-refractivity contribution >= 4 is 17.3 Å². The minimum Gasteiger partial charge on any atom is -0.481 e. The number of carbonyl (C=O) groups is 1. The Kier molecular flexibility index (Phi) is 4.22. The summed E-state index contributed by atoms with van der Waals surface area (Å²) in [5.41, 5.74) is 6.42. The van der Waals surface area contributed by atoms with Crippen LogP contribution in [0.1, 0.15) is 43.6 Å². The van der Waals surface area contributed by atoms with Crippen molar-refractivity contribution in [3.8, 4) is 0 Å². The summed E-state index contributed by atoms with van der Waals surface area (Å²) in [5, 5.41) is 20.4. The molecule has 0 spiro atoms. The van der Waals surface area contributed by atoms with Crippen LogP contribution in [-0.4, -0.2) is 16.0 Å². The maximum Gasteiger partial charge on any atom is 0.311 e. The summed E-state index contributed by atoms with van der Waals surface area (Å²) in [6, 6.07) is 4.04. The maximum absolute atomic E-state index is 11.6. The van der Waals surface area contributed by atoms with Crippen LogP contribution in [0.15, 0.2) is 18.2 Å². The Morgan fingerprint density at radius 2 is 2.00 bits per heavy atom. The Balaban J connectivity index is 2.40. The average Bonchev–Trinajstić information content (AvgIpc) is 2.41. The molecule has 0 amide bonds. The zero-order valence-corrected chi connectivity index (χ0v) is 11.1. The molecule has 2 rings (SSSR count). The number of nitro groups is 1. The molecule has 1 fully saturated rings. The van der Waals surface area contributed by atoms with Gasteiger partial charge in [0.05, 0.1) is 10.8 Å². The lowest BCUT2D eigenvalue weighted by atomic mass is 9.76. The van der Waals surface area contributed by atoms with Gasteiger partial charge in [-0.2, -0.15) is 0 Å². The second kappa shape index (κ2) is 5.90. The van der Waals surface area contributed by atoms with Gasteiger partial charge in [0.2, 0.25) is 0 Å². The molecule has 6 nitrogen and oxygen atoms in total. The van der Waals surface area contributed by atoms with Crippen LogP contribution in [0.4, 0.5) is 11.4 Å². The summed E-state index contributed by atoms with van der Waals surface area (Å²) in [5.74, 6) is -1.70. The van der Waals surface area contributed by atoms with E-state index in [9.17, 15) is 20.0 Å². The number of carboxylic acids is 1. The number of rotatable bonds is 4. The van der Waals surface area contributed by atoms with Crippen molar-refractivity contribution in [2.75, 3.05) is 5.73 Å². The number of nitro benzene ring substituents is 1. The zero-order valence-electron chi connectivity index (χ0n) is 11.1. The molecule has 1 aliphatic carbocycles. The highest BCUT2D eigenvalue weighted by Gasteiger charge is 2.33. The number of hydrogen-bond donors (Lipinski definition) is 2. The Morgan fingerprint density at radius 3 is 2.55 bits per heavy atom. The van der Waals surface area contributed by atoms with Gasteiger partial charge >= 0.3 is 5.97 Å². The zero-order chi connectivity index (χ0) is 14.7. The normalized spacial score (nSPS) is 17.6. The van der Waals surface area contributed by atoms with E-state index in [0.29, 0.717) is 11.3 Å². The molecule has 3 N–H and O–H groups in total. The molecule has 0 radical (unpaired) electrons. The molecule has 1 saturated carbocycles. The highest BCUT2D eigenvalue weighted by molar-refractivity contribution is 5.79. The molecule has 20 heavy (non-hydrogen) atoms. The Labute approximate surface area is 116 Å². The molecule has 0 bridgehead atoms. The average molecular weight is 278 g/mol. The standard InChI is InChI=1S/C14H18N2O4/c15-12-7-6-10(16(19)20)8-11(12)13(14(17)18)9-4-2-1-3-5-9/h6-9,13H,1-5,15H2,(H,17,18). The van der Waals surface area contributed by atoms with Gasteiger partial charge in [0.15, 0.2) is 0 Å². The summed E-state index contributed by atoms with van der Waals surface area (Å²) in [4.78, 5) is 21.9. The molecule has 0 aliphatic heterocycles. The molecule has 1 aromatic rings. The van der Waals surface area contributed by atoms with Gasteiger partial charge in [-0.15, -0.1) is 0 Å². The van der Waals surface area contributed by atoms with E-state index < -0.39 is 16.8 Å². The van der Waals surface area contributed by atoms with Crippen molar-refractivity contribution in [1.29, 1.82) is 0 Å². The van der Waals surface area contributed by atoms with E-state index in [4.69, 9.17) is 5.73 Å². The van der Waals surface area contributed by atoms with E-state index in [1.165, 1.54) is 18.2 Å². The van der Waals surface area contributed by atoms with E-state index in [0.717, 1.165) is 32.1 Å². The highest BCUT2D eigenvalue weighted by Crippen LogP contribution is 2.39. The van der Waals surface area contributed by atoms with Crippen molar-refractivity contribution < 1.29 is 14.8 Å². The quantitative estimate of drug-likeness (QED) is 0.500. The van der Waals surface area contributed by atoms with Crippen molar-refractivity contribution in [1.82, 2.24) is 0 Å². The molecule has 0 heterocycles. The van der Waals surface area contributed by atoms with Crippen LogP contribution < -0.4 is 5.73 Å². The van der Waals surface area contributed by atoms with Crippen LogP contribution in [0.3, 0.4) is 0 Å². The number of nitrogen functional groups attached to an aromatic ring is 1. The van der Waals surface area contributed by atoms with Gasteiger partial charge in [-0.1, -0.05) is 19.3 Å². The molecule has 1 atom stereocenters. The lowest BCUT2D eigenvalue weighted by Crippen LogP contribution is -2.24. The first-order chi connectivity index (χ1) is 9.50. The van der Waals surface area contributed by atoms with Gasteiger partial charge in [-0.25, -0.2) is 0 Å². The van der Waals surface area contributed by atoms with Crippen LogP contribution in [0.2, 0.25) is 0 Å². The monoisotopic (exact) mass is 278 g/mol. The second-order valence-corrected chi connectivity index (χ2v) is 5.28. The fourth-order valence-corrected chi connectivity index (χ4v) is 3.00. The van der Waals surface area contributed by atoms with E-state index >= 15 is 0 Å². The van der Waals surface area contributed by atoms with Crippen molar-refractivity contribution in [3.05, 3.63) is 33.9 Å². The Morgan fingerprint density at radius 1 is 1.35 bits per heavy atom. The Hall–Kier alpha value is -2.11. The second-order valence-electron chi connectivity index (χ2n) is 5.28. The number of anilines is 1. The minimum absolute atomic E-state index is 0.00514. The number of hydrogen-bond acceptors (Lipinski definition) is 4. The molecule has 1 aromatic carbocycles. The summed E-state index contributed by atoms with van der Waals surface area (Å²) >= 11 is 0. The third-order valence-electron chi connectivity index (χ3n) is 4.00. The first-order valence-electron chi connectivity index (χ1n) is 6.77. The van der Waals surface area contributed by atoms with E-state index in [-0.39, 0.29) is 11.6 Å². The third kappa shape index (κ3) is 2.89. The molecule has 0 saturated heterocycles. The van der Waals surface area contributed by atoms with Crippen LogP contribution in [-0.2, 0) is 4.79 Å². The van der Waals surface area contributed by atoms with E-state index in [1.807, 2.05) is 0 Å². The maximum atomic E-state index is 11.6. The van der Waals surface area contributed by atoms with Gasteiger partial charge in [0, 0.05) is 17.8 Å². The molecule has 1 unspecified atom stereocenters. The van der Waals surface area contributed by atoms with Crippen LogP contribution in [0.5, 0.6) is 0 Å². The molecule has 108 valence electrons. The first-order valence-corrected chi connectivity index (χ1v) is 6.77. The van der Waals surface area contributed by atoms with Crippen molar-refractivity contribution in [2.24, 2.45) is 5.92 Å². The fourth-order valence-electron chi connectivity index (χ4n) is 3.00. The Bertz CT molecular complexity index is 524. The number of non-ortho nitro benzene ring substituents is 1. The smallest absolute Gasteiger partial charge is 0.311 e. The highest BCUT2D eigenvalue weighted by atomic mass is 16.6. The number of benzene rings is 1. The largest absolute Gasteiger partial charge is 0.481 e. The van der Waals surface area contributed by atoms with E-state index in [2.05, 4.69) is 0 Å². The lowest BCUT2D eigenvalue weighted by Gasteiger charge is -2.28. The van der Waals surface area contributed by atoms with Crippen LogP contribution in [0.25, 0.3) is 0 Å². The van der Waals surface area contributed by atoms with Gasteiger partial charge in [-0.05, 0) is 30.4 Å². The first kappa shape index (κ1) is 14.3. The summed E-state index contributed by atoms with van der Waals surface area (Å²) < 4.78 is 0. The summed E-state index contributed by atoms with van der Waals surface area (Å²) in [6.45, 7) is 0. The molecule has 6 heteroatoms.